The van der Waals surface area contributed by atoms with Gasteiger partial charge in [-0.2, -0.15) is 4.98 Å². The molecule has 178 valence electrons. The molecular formula is C25H26N8O2. The van der Waals surface area contributed by atoms with Crippen molar-refractivity contribution < 1.29 is 9.53 Å². The highest BCUT2D eigenvalue weighted by molar-refractivity contribution is 5.92. The first-order valence-corrected chi connectivity index (χ1v) is 11.8. The summed E-state index contributed by atoms with van der Waals surface area (Å²) in [5, 5.41) is 5.91. The van der Waals surface area contributed by atoms with Gasteiger partial charge in [0.2, 0.25) is 5.95 Å². The number of anilines is 3. The lowest BCUT2D eigenvalue weighted by Gasteiger charge is -2.27. The van der Waals surface area contributed by atoms with Crippen LogP contribution >= 0.6 is 0 Å². The quantitative estimate of drug-likeness (QED) is 0.442. The molecule has 6 rings (SSSR count). The van der Waals surface area contributed by atoms with Crippen molar-refractivity contribution in [2.75, 3.05) is 43.6 Å². The molecule has 10 nitrogen and oxygen atoms in total. The van der Waals surface area contributed by atoms with Crippen molar-refractivity contribution >= 4 is 34.4 Å². The van der Waals surface area contributed by atoms with Gasteiger partial charge in [0.05, 0.1) is 48.2 Å². The SMILES string of the molecule is CNC(=O)c1ccc(Nc2cc(-c3ccc4ncn(C5CC5)c4c3)nc(N3CCOCC3)n2)cn1. The van der Waals surface area contributed by atoms with E-state index in [0.717, 1.165) is 41.1 Å². The average Bonchev–Trinajstić information content (AvgIpc) is 3.67. The number of ether oxygens (including phenoxy) is 1. The number of imidazole rings is 1. The number of carbonyl (C=O) groups is 1. The number of nitrogens with one attached hydrogen (secondary N) is 2. The smallest absolute Gasteiger partial charge is 0.269 e. The van der Waals surface area contributed by atoms with Crippen molar-refractivity contribution in [3.63, 3.8) is 0 Å². The second-order valence-corrected chi connectivity index (χ2v) is 8.76. The Morgan fingerprint density at radius 1 is 1.06 bits per heavy atom. The molecule has 35 heavy (non-hydrogen) atoms. The van der Waals surface area contributed by atoms with Crippen molar-refractivity contribution in [2.45, 2.75) is 18.9 Å². The van der Waals surface area contributed by atoms with Gasteiger partial charge in [0, 0.05) is 37.8 Å². The molecule has 4 aromatic rings. The van der Waals surface area contributed by atoms with Gasteiger partial charge in [0.25, 0.3) is 5.91 Å². The summed E-state index contributed by atoms with van der Waals surface area (Å²) in [7, 11) is 1.58. The molecule has 1 aromatic carbocycles. The molecule has 1 saturated heterocycles. The summed E-state index contributed by atoms with van der Waals surface area (Å²) in [6, 6.07) is 12.3. The van der Waals surface area contributed by atoms with Crippen LogP contribution in [0.3, 0.4) is 0 Å². The summed E-state index contributed by atoms with van der Waals surface area (Å²) in [6.07, 6.45) is 5.96. The molecule has 1 amide bonds. The fourth-order valence-electron chi connectivity index (χ4n) is 4.26. The minimum Gasteiger partial charge on any atom is -0.378 e. The Balaban J connectivity index is 1.37. The van der Waals surface area contributed by atoms with E-state index in [4.69, 9.17) is 14.7 Å². The number of amides is 1. The zero-order valence-corrected chi connectivity index (χ0v) is 19.4. The van der Waals surface area contributed by atoms with Gasteiger partial charge in [-0.3, -0.25) is 4.79 Å². The van der Waals surface area contributed by atoms with Crippen LogP contribution in [0.25, 0.3) is 22.3 Å². The maximum absolute atomic E-state index is 11.8. The summed E-state index contributed by atoms with van der Waals surface area (Å²) < 4.78 is 7.78. The Labute approximate surface area is 202 Å². The third kappa shape index (κ3) is 4.40. The zero-order valence-electron chi connectivity index (χ0n) is 19.4. The molecule has 0 spiro atoms. The average molecular weight is 471 g/mol. The van der Waals surface area contributed by atoms with Crippen LogP contribution in [0.2, 0.25) is 0 Å². The molecule has 4 heterocycles. The van der Waals surface area contributed by atoms with Crippen molar-refractivity contribution in [3.05, 3.63) is 54.6 Å². The predicted molar refractivity (Wildman–Crippen MR) is 133 cm³/mol. The highest BCUT2D eigenvalue weighted by Crippen LogP contribution is 2.38. The lowest BCUT2D eigenvalue weighted by Crippen LogP contribution is -2.37. The van der Waals surface area contributed by atoms with E-state index in [9.17, 15) is 4.79 Å². The second kappa shape index (κ2) is 8.95. The van der Waals surface area contributed by atoms with Crippen LogP contribution in [0.5, 0.6) is 0 Å². The first-order valence-electron chi connectivity index (χ1n) is 11.8. The Bertz CT molecular complexity index is 1370. The summed E-state index contributed by atoms with van der Waals surface area (Å²) in [5.74, 6) is 1.08. The number of rotatable bonds is 6. The lowest BCUT2D eigenvalue weighted by atomic mass is 10.1. The van der Waals surface area contributed by atoms with Gasteiger partial charge < -0.3 is 24.8 Å². The summed E-state index contributed by atoms with van der Waals surface area (Å²) >= 11 is 0. The Hall–Kier alpha value is -4.05. The van der Waals surface area contributed by atoms with Crippen molar-refractivity contribution in [3.8, 4) is 11.3 Å². The Morgan fingerprint density at radius 3 is 2.66 bits per heavy atom. The number of hydrogen-bond acceptors (Lipinski definition) is 8. The minimum atomic E-state index is -0.226. The molecular weight excluding hydrogens is 444 g/mol. The van der Waals surface area contributed by atoms with Crippen molar-refractivity contribution in [1.82, 2.24) is 29.8 Å². The summed E-state index contributed by atoms with van der Waals surface area (Å²) in [4.78, 5) is 32.5. The molecule has 0 radical (unpaired) electrons. The number of nitrogens with zero attached hydrogens (tertiary/aromatic N) is 6. The highest BCUT2D eigenvalue weighted by Gasteiger charge is 2.25. The van der Waals surface area contributed by atoms with Crippen molar-refractivity contribution in [2.24, 2.45) is 0 Å². The van der Waals surface area contributed by atoms with Crippen molar-refractivity contribution in [1.29, 1.82) is 0 Å². The lowest BCUT2D eigenvalue weighted by molar-refractivity contribution is 0.0958. The molecule has 2 fully saturated rings. The number of hydrogen-bond donors (Lipinski definition) is 2. The Kier molecular flexibility index (Phi) is 5.49. The predicted octanol–water partition coefficient (Wildman–Crippen LogP) is 3.16. The van der Waals surface area contributed by atoms with E-state index in [-0.39, 0.29) is 5.91 Å². The largest absolute Gasteiger partial charge is 0.378 e. The third-order valence-corrected chi connectivity index (χ3v) is 6.31. The van der Waals surface area contributed by atoms with E-state index < -0.39 is 0 Å². The number of aromatic nitrogens is 5. The van der Waals surface area contributed by atoms with Crippen LogP contribution in [-0.4, -0.2) is 63.8 Å². The number of carbonyl (C=O) groups excluding carboxylic acids is 1. The fraction of sp³-hybridized carbons (Fsp3) is 0.320. The van der Waals surface area contributed by atoms with Gasteiger partial charge in [0.15, 0.2) is 0 Å². The standard InChI is InChI=1S/C25H26N8O2/c1-26-24(34)20-7-3-17(14-27-20)29-23-13-21(30-25(31-23)32-8-10-35-11-9-32)16-2-6-19-22(12-16)33(15-28-19)18-4-5-18/h2-3,6-7,12-15,18H,4-5,8-11H2,1H3,(H,26,34)(H,29,30,31). The van der Waals surface area contributed by atoms with E-state index >= 15 is 0 Å². The van der Waals surface area contributed by atoms with Gasteiger partial charge in [-0.1, -0.05) is 6.07 Å². The first kappa shape index (κ1) is 21.5. The van der Waals surface area contributed by atoms with Gasteiger partial charge >= 0.3 is 0 Å². The zero-order chi connectivity index (χ0) is 23.8. The summed E-state index contributed by atoms with van der Waals surface area (Å²) in [6.45, 7) is 2.76. The maximum atomic E-state index is 11.8. The second-order valence-electron chi connectivity index (χ2n) is 8.76. The van der Waals surface area contributed by atoms with Crippen LogP contribution in [0.4, 0.5) is 17.5 Å². The van der Waals surface area contributed by atoms with Crippen LogP contribution in [-0.2, 0) is 4.74 Å². The normalized spacial score (nSPS) is 15.9. The van der Waals surface area contributed by atoms with Crippen LogP contribution in [0.15, 0.2) is 48.9 Å². The monoisotopic (exact) mass is 470 g/mol. The number of fused-ring (bicyclic) bond motifs is 1. The molecule has 1 aliphatic heterocycles. The van der Waals surface area contributed by atoms with E-state index in [2.05, 4.69) is 48.3 Å². The minimum absolute atomic E-state index is 0.226. The fourth-order valence-corrected chi connectivity index (χ4v) is 4.26. The van der Waals surface area contributed by atoms with E-state index in [1.165, 1.54) is 12.8 Å². The molecule has 1 aliphatic carbocycles. The molecule has 0 bridgehead atoms. The highest BCUT2D eigenvalue weighted by atomic mass is 16.5. The molecule has 0 atom stereocenters. The molecule has 1 saturated carbocycles. The first-order chi connectivity index (χ1) is 17.2. The van der Waals surface area contributed by atoms with E-state index in [0.29, 0.717) is 36.7 Å². The topological polar surface area (TPSA) is 110 Å². The molecule has 10 heteroatoms. The van der Waals surface area contributed by atoms with Crippen LogP contribution < -0.4 is 15.5 Å². The summed E-state index contributed by atoms with van der Waals surface area (Å²) in [5.41, 5.74) is 5.04. The van der Waals surface area contributed by atoms with Crippen LogP contribution in [0, 0.1) is 0 Å². The van der Waals surface area contributed by atoms with Gasteiger partial charge in [-0.15, -0.1) is 0 Å². The van der Waals surface area contributed by atoms with E-state index in [1.54, 1.807) is 19.3 Å². The Morgan fingerprint density at radius 2 is 1.91 bits per heavy atom. The van der Waals surface area contributed by atoms with Gasteiger partial charge in [0.1, 0.15) is 11.5 Å². The molecule has 2 N–H and O–H groups in total. The molecule has 2 aliphatic rings. The number of pyridine rings is 1. The van der Waals surface area contributed by atoms with E-state index in [1.807, 2.05) is 18.5 Å². The third-order valence-electron chi connectivity index (χ3n) is 6.31. The number of benzene rings is 1. The molecule has 3 aromatic heterocycles. The molecule has 0 unspecified atom stereocenters. The van der Waals surface area contributed by atoms with Crippen LogP contribution in [0.1, 0.15) is 29.4 Å². The number of morpholine rings is 1. The van der Waals surface area contributed by atoms with Gasteiger partial charge in [-0.05, 0) is 37.1 Å². The van der Waals surface area contributed by atoms with Gasteiger partial charge in [-0.25, -0.2) is 15.0 Å². The maximum Gasteiger partial charge on any atom is 0.269 e.